The summed E-state index contributed by atoms with van der Waals surface area (Å²) in [5.74, 6) is 1.27. The van der Waals surface area contributed by atoms with Crippen LogP contribution in [0.1, 0.15) is 17.4 Å². The summed E-state index contributed by atoms with van der Waals surface area (Å²) >= 11 is 1.68. The smallest absolute Gasteiger partial charge is 0.257 e. The van der Waals surface area contributed by atoms with Gasteiger partial charge < -0.3 is 10.0 Å². The largest absolute Gasteiger partial charge is 0.395 e. The fourth-order valence-corrected chi connectivity index (χ4v) is 4.13. The van der Waals surface area contributed by atoms with Crippen molar-refractivity contribution in [2.45, 2.75) is 18.0 Å². The molecule has 1 atom stereocenters. The van der Waals surface area contributed by atoms with Crippen LogP contribution in [0.3, 0.4) is 0 Å². The molecular weight excluding hydrogens is 388 g/mol. The molecule has 0 aliphatic carbocycles. The van der Waals surface area contributed by atoms with Gasteiger partial charge in [0.15, 0.2) is 6.17 Å². The van der Waals surface area contributed by atoms with Crippen molar-refractivity contribution in [2.24, 2.45) is 4.99 Å². The number of rotatable bonds is 4. The van der Waals surface area contributed by atoms with Gasteiger partial charge >= 0.3 is 0 Å². The molecule has 0 radical (unpaired) electrons. The summed E-state index contributed by atoms with van der Waals surface area (Å²) in [6.07, 6.45) is 1.59. The second-order valence-corrected chi connectivity index (χ2v) is 8.09. The summed E-state index contributed by atoms with van der Waals surface area (Å²) in [5.41, 5.74) is 1.52. The van der Waals surface area contributed by atoms with Gasteiger partial charge in [-0.1, -0.05) is 12.1 Å². The predicted molar refractivity (Wildman–Crippen MR) is 116 cm³/mol. The lowest BCUT2D eigenvalue weighted by atomic mass is 10.1. The van der Waals surface area contributed by atoms with Crippen LogP contribution in [0, 0.1) is 6.92 Å². The van der Waals surface area contributed by atoms with E-state index in [2.05, 4.69) is 32.2 Å². The topological polar surface area (TPSA) is 86.0 Å². The zero-order valence-electron chi connectivity index (χ0n) is 16.7. The number of aryl methyl sites for hydroxylation is 1. The standard InChI is InChI=1S/C20H26N6O2S/c1-14-13-17(28)26-18(15-3-5-16(29-2)6-4-15)22-19(23-20(26)21-14)25-9-7-24(8-10-25)11-12-27/h3-6,13,18,27H,7-12H2,1-2H3,(H,21,22,23)/t18-/m0/s1. The molecule has 2 aromatic rings. The quantitative estimate of drug-likeness (QED) is 0.728. The maximum Gasteiger partial charge on any atom is 0.257 e. The second-order valence-electron chi connectivity index (χ2n) is 7.21. The van der Waals surface area contributed by atoms with Crippen molar-refractivity contribution in [3.8, 4) is 0 Å². The fourth-order valence-electron chi connectivity index (χ4n) is 3.72. The molecule has 0 bridgehead atoms. The van der Waals surface area contributed by atoms with Crippen LogP contribution in [0.25, 0.3) is 0 Å². The predicted octanol–water partition coefficient (Wildman–Crippen LogP) is 1.21. The van der Waals surface area contributed by atoms with Gasteiger partial charge in [-0.25, -0.2) is 9.98 Å². The van der Waals surface area contributed by atoms with Gasteiger partial charge in [-0.3, -0.25) is 19.6 Å². The number of guanidine groups is 1. The molecule has 154 valence electrons. The number of aliphatic hydroxyl groups is 1. The fraction of sp³-hybridized carbons (Fsp3) is 0.450. The highest BCUT2D eigenvalue weighted by Gasteiger charge is 2.29. The average molecular weight is 415 g/mol. The number of β-amino-alcohol motifs (C(OH)–C–C–N with tert-alkyl or cyclic N) is 1. The first-order valence-corrected chi connectivity index (χ1v) is 11.0. The highest BCUT2D eigenvalue weighted by molar-refractivity contribution is 7.98. The first kappa shape index (κ1) is 19.9. The molecule has 29 heavy (non-hydrogen) atoms. The molecule has 9 heteroatoms. The molecule has 3 heterocycles. The third kappa shape index (κ3) is 4.17. The molecule has 4 rings (SSSR count). The van der Waals surface area contributed by atoms with Gasteiger partial charge in [0.1, 0.15) is 0 Å². The maximum atomic E-state index is 12.8. The Labute approximate surface area is 174 Å². The number of hydrogen-bond donors (Lipinski definition) is 2. The molecule has 0 saturated carbocycles. The lowest BCUT2D eigenvalue weighted by molar-refractivity contribution is 0.146. The van der Waals surface area contributed by atoms with E-state index < -0.39 is 6.17 Å². The van der Waals surface area contributed by atoms with E-state index in [1.165, 1.54) is 4.90 Å². The maximum absolute atomic E-state index is 12.8. The monoisotopic (exact) mass is 414 g/mol. The number of aliphatic hydroxyl groups excluding tert-OH is 1. The van der Waals surface area contributed by atoms with E-state index >= 15 is 0 Å². The van der Waals surface area contributed by atoms with Crippen molar-refractivity contribution >= 4 is 23.7 Å². The van der Waals surface area contributed by atoms with Crippen molar-refractivity contribution in [3.05, 3.63) is 51.9 Å². The molecule has 2 aliphatic rings. The molecular formula is C20H26N6O2S. The summed E-state index contributed by atoms with van der Waals surface area (Å²) in [4.78, 5) is 27.8. The summed E-state index contributed by atoms with van der Waals surface area (Å²) < 4.78 is 1.62. The van der Waals surface area contributed by atoms with E-state index in [1.54, 1.807) is 22.4 Å². The van der Waals surface area contributed by atoms with Crippen LogP contribution in [-0.2, 0) is 0 Å². The third-order valence-electron chi connectivity index (χ3n) is 5.29. The lowest BCUT2D eigenvalue weighted by Gasteiger charge is -2.38. The van der Waals surface area contributed by atoms with Crippen LogP contribution in [0.4, 0.5) is 5.95 Å². The molecule has 1 saturated heterocycles. The summed E-state index contributed by atoms with van der Waals surface area (Å²) in [6.45, 7) is 6.03. The third-order valence-corrected chi connectivity index (χ3v) is 6.04. The van der Waals surface area contributed by atoms with Crippen molar-refractivity contribution in [1.82, 2.24) is 19.4 Å². The molecule has 2 N–H and O–H groups in total. The molecule has 8 nitrogen and oxygen atoms in total. The van der Waals surface area contributed by atoms with Crippen LogP contribution >= 0.6 is 11.8 Å². The number of anilines is 1. The Morgan fingerprint density at radius 1 is 1.21 bits per heavy atom. The van der Waals surface area contributed by atoms with Gasteiger partial charge in [-0.2, -0.15) is 0 Å². The second kappa shape index (κ2) is 8.56. The summed E-state index contributed by atoms with van der Waals surface area (Å²) in [6, 6.07) is 9.70. The minimum atomic E-state index is -0.451. The molecule has 1 aromatic carbocycles. The lowest BCUT2D eigenvalue weighted by Crippen LogP contribution is -2.52. The molecule has 1 aromatic heterocycles. The van der Waals surface area contributed by atoms with Crippen LogP contribution in [0.2, 0.25) is 0 Å². The summed E-state index contributed by atoms with van der Waals surface area (Å²) in [5, 5.41) is 12.4. The van der Waals surface area contributed by atoms with Gasteiger partial charge in [-0.05, 0) is 30.9 Å². The van der Waals surface area contributed by atoms with Gasteiger partial charge in [-0.15, -0.1) is 11.8 Å². The van der Waals surface area contributed by atoms with Crippen LogP contribution < -0.4 is 10.9 Å². The number of fused-ring (bicyclic) bond motifs is 1. The molecule has 0 spiro atoms. The number of hydrogen-bond acceptors (Lipinski definition) is 8. The molecule has 2 aliphatic heterocycles. The zero-order valence-corrected chi connectivity index (χ0v) is 17.5. The number of nitrogens with one attached hydrogen (secondary N) is 1. The van der Waals surface area contributed by atoms with E-state index in [9.17, 15) is 4.79 Å². The van der Waals surface area contributed by atoms with Gasteiger partial charge in [0.2, 0.25) is 11.9 Å². The van der Waals surface area contributed by atoms with Gasteiger partial charge in [0, 0.05) is 49.4 Å². The highest BCUT2D eigenvalue weighted by atomic mass is 32.2. The van der Waals surface area contributed by atoms with Gasteiger partial charge in [0.25, 0.3) is 5.56 Å². The molecule has 1 fully saturated rings. The Morgan fingerprint density at radius 3 is 2.59 bits per heavy atom. The average Bonchev–Trinajstić information content (AvgIpc) is 2.73. The van der Waals surface area contributed by atoms with Crippen molar-refractivity contribution in [1.29, 1.82) is 0 Å². The zero-order chi connectivity index (χ0) is 20.4. The van der Waals surface area contributed by atoms with E-state index in [1.807, 2.05) is 25.3 Å². The number of aromatic nitrogens is 2. The Hall–Kier alpha value is -2.36. The van der Waals surface area contributed by atoms with Crippen molar-refractivity contribution in [2.75, 3.05) is 50.9 Å². The Balaban J connectivity index is 1.68. The number of benzene rings is 1. The van der Waals surface area contributed by atoms with E-state index in [-0.39, 0.29) is 12.2 Å². The van der Waals surface area contributed by atoms with Crippen LogP contribution in [0.5, 0.6) is 0 Å². The van der Waals surface area contributed by atoms with Crippen LogP contribution in [0.15, 0.2) is 45.0 Å². The minimum absolute atomic E-state index is 0.116. The van der Waals surface area contributed by atoms with E-state index in [4.69, 9.17) is 10.1 Å². The van der Waals surface area contributed by atoms with Crippen molar-refractivity contribution < 1.29 is 5.11 Å². The van der Waals surface area contributed by atoms with Crippen molar-refractivity contribution in [3.63, 3.8) is 0 Å². The minimum Gasteiger partial charge on any atom is -0.395 e. The number of aliphatic imine (C=N–C) groups is 1. The number of piperazine rings is 1. The van der Waals surface area contributed by atoms with Crippen LogP contribution in [-0.4, -0.2) is 76.0 Å². The Kier molecular flexibility index (Phi) is 5.89. The SMILES string of the molecule is CSc1ccc([C@H]2N=C(N3CCN(CCO)CC3)Nc3nc(C)cc(=O)n32)cc1. The summed E-state index contributed by atoms with van der Waals surface area (Å²) in [7, 11) is 0. The number of thioether (sulfide) groups is 1. The Morgan fingerprint density at radius 2 is 1.93 bits per heavy atom. The van der Waals surface area contributed by atoms with E-state index in [0.29, 0.717) is 18.2 Å². The van der Waals surface area contributed by atoms with E-state index in [0.717, 1.165) is 37.7 Å². The highest BCUT2D eigenvalue weighted by Crippen LogP contribution is 2.28. The first-order valence-electron chi connectivity index (χ1n) is 9.76. The number of nitrogens with zero attached hydrogens (tertiary/aromatic N) is 5. The normalized spacial score (nSPS) is 19.5. The Bertz CT molecular complexity index is 950. The molecule has 0 unspecified atom stereocenters. The van der Waals surface area contributed by atoms with Gasteiger partial charge in [0.05, 0.1) is 6.61 Å². The molecule has 0 amide bonds. The first-order chi connectivity index (χ1) is 14.1.